The molecule has 0 spiro atoms. The fraction of sp³-hybridized carbons (Fsp3) is 0.355. The van der Waals surface area contributed by atoms with Gasteiger partial charge in [0.2, 0.25) is 10.0 Å². The fourth-order valence-electron chi connectivity index (χ4n) is 4.11. The van der Waals surface area contributed by atoms with Crippen molar-refractivity contribution in [1.82, 2.24) is 5.32 Å². The zero-order valence-corrected chi connectivity index (χ0v) is 26.0. The average Bonchev–Trinajstić information content (AvgIpc) is 2.92. The molecule has 3 rings (SSSR count). The second-order valence-electron chi connectivity index (χ2n) is 10.6. The number of ether oxygens (including phenoxy) is 4. The highest BCUT2D eigenvalue weighted by molar-refractivity contribution is 7.92. The van der Waals surface area contributed by atoms with Gasteiger partial charge in [-0.1, -0.05) is 30.3 Å². The predicted molar refractivity (Wildman–Crippen MR) is 164 cm³/mol. The van der Waals surface area contributed by atoms with Crippen LogP contribution >= 0.6 is 0 Å². The van der Waals surface area contributed by atoms with Gasteiger partial charge in [0.15, 0.2) is 0 Å². The first-order valence-corrected chi connectivity index (χ1v) is 15.8. The first-order chi connectivity index (χ1) is 20.7. The topological polar surface area (TPSA) is 170 Å². The van der Waals surface area contributed by atoms with Crippen LogP contribution < -0.4 is 19.5 Å². The largest absolute Gasteiger partial charge is 0.514 e. The van der Waals surface area contributed by atoms with Gasteiger partial charge < -0.3 is 34.5 Å². The number of phenolic OH excluding ortho intramolecular Hbond substituents is 1. The summed E-state index contributed by atoms with van der Waals surface area (Å²) in [6.45, 7) is 7.33. The van der Waals surface area contributed by atoms with Crippen molar-refractivity contribution in [3.05, 3.63) is 83.4 Å². The Morgan fingerprint density at radius 1 is 0.750 bits per heavy atom. The van der Waals surface area contributed by atoms with Crippen molar-refractivity contribution < 1.29 is 47.2 Å². The zero-order chi connectivity index (χ0) is 32.4. The van der Waals surface area contributed by atoms with Crippen molar-refractivity contribution in [1.29, 1.82) is 0 Å². The molecule has 44 heavy (non-hydrogen) atoms. The maximum atomic E-state index is 11.9. The van der Waals surface area contributed by atoms with E-state index in [1.165, 1.54) is 18.2 Å². The van der Waals surface area contributed by atoms with E-state index in [4.69, 9.17) is 18.9 Å². The van der Waals surface area contributed by atoms with Crippen LogP contribution in [0.1, 0.15) is 56.4 Å². The van der Waals surface area contributed by atoms with Crippen LogP contribution in [-0.2, 0) is 19.5 Å². The molecule has 0 saturated heterocycles. The number of carbonyl (C=O) groups excluding carboxylic acids is 2. The average molecular weight is 631 g/mol. The minimum atomic E-state index is -3.64. The normalized spacial score (nSPS) is 12.2. The predicted octanol–water partition coefficient (Wildman–Crippen LogP) is 5.07. The summed E-state index contributed by atoms with van der Waals surface area (Å²) in [6, 6.07) is 17.9. The van der Waals surface area contributed by atoms with E-state index in [0.29, 0.717) is 23.6 Å². The number of sulfonamides is 1. The number of carbonyl (C=O) groups is 2. The number of benzene rings is 3. The number of aliphatic hydroxyl groups is 1. The number of aromatic hydroxyl groups is 1. The number of anilines is 1. The van der Waals surface area contributed by atoms with E-state index >= 15 is 0 Å². The Bertz CT molecular complexity index is 1440. The van der Waals surface area contributed by atoms with Gasteiger partial charge in [-0.2, -0.15) is 0 Å². The lowest BCUT2D eigenvalue weighted by atomic mass is 9.91. The van der Waals surface area contributed by atoms with E-state index in [1.807, 2.05) is 0 Å². The monoisotopic (exact) mass is 630 g/mol. The first kappa shape index (κ1) is 34.2. The number of rotatable bonds is 13. The van der Waals surface area contributed by atoms with Crippen molar-refractivity contribution in [3.63, 3.8) is 0 Å². The van der Waals surface area contributed by atoms with E-state index in [0.717, 1.165) is 17.4 Å². The van der Waals surface area contributed by atoms with Crippen LogP contribution in [0.5, 0.6) is 17.2 Å². The third-order valence-corrected chi connectivity index (χ3v) is 6.61. The summed E-state index contributed by atoms with van der Waals surface area (Å²) in [7, 11) is -3.64. The molecule has 3 aromatic rings. The maximum absolute atomic E-state index is 11.9. The smallest absolute Gasteiger partial charge is 0.506 e. The second kappa shape index (κ2) is 15.4. The van der Waals surface area contributed by atoms with Crippen molar-refractivity contribution in [2.45, 2.75) is 51.9 Å². The van der Waals surface area contributed by atoms with Gasteiger partial charge in [-0.25, -0.2) is 18.0 Å². The number of hydrogen-bond acceptors (Lipinski definition) is 11. The number of phenols is 1. The SMILES string of the molecule is CC(C)OC(=O)Oc1ccc(C(CNC[C@H](O)c2ccc(O)c(NS(C)(=O)=O)c2)c2ccc(OC(=O)OC(C)C)cc2)cc1. The summed E-state index contributed by atoms with van der Waals surface area (Å²) in [5.41, 5.74) is 2.06. The Balaban J connectivity index is 1.77. The Hall–Kier alpha value is -4.33. The second-order valence-corrected chi connectivity index (χ2v) is 12.3. The molecule has 0 saturated carbocycles. The van der Waals surface area contributed by atoms with Crippen LogP contribution in [-0.4, -0.2) is 62.5 Å². The van der Waals surface area contributed by atoms with Gasteiger partial charge in [-0.3, -0.25) is 4.72 Å². The summed E-state index contributed by atoms with van der Waals surface area (Å²) in [5.74, 6) is 0.0894. The molecule has 238 valence electrons. The number of aliphatic hydroxyl groups excluding tert-OH is 1. The highest BCUT2D eigenvalue weighted by atomic mass is 32.2. The Morgan fingerprint density at radius 3 is 1.64 bits per heavy atom. The minimum Gasteiger partial charge on any atom is -0.506 e. The highest BCUT2D eigenvalue weighted by Crippen LogP contribution is 2.30. The molecule has 0 bridgehead atoms. The van der Waals surface area contributed by atoms with Crippen LogP contribution in [0.25, 0.3) is 0 Å². The molecule has 0 aliphatic rings. The molecule has 4 N–H and O–H groups in total. The molecule has 1 atom stereocenters. The lowest BCUT2D eigenvalue weighted by Gasteiger charge is -2.21. The molecule has 0 unspecified atom stereocenters. The summed E-state index contributed by atoms with van der Waals surface area (Å²) in [6.07, 6.45) is -2.33. The van der Waals surface area contributed by atoms with Gasteiger partial charge in [0.25, 0.3) is 0 Å². The van der Waals surface area contributed by atoms with E-state index in [9.17, 15) is 28.2 Å². The summed E-state index contributed by atoms with van der Waals surface area (Å²) < 4.78 is 46.0. The Morgan fingerprint density at radius 2 is 1.20 bits per heavy atom. The summed E-state index contributed by atoms with van der Waals surface area (Å²) in [5, 5.41) is 24.0. The van der Waals surface area contributed by atoms with Crippen molar-refractivity contribution >= 4 is 28.0 Å². The molecule has 3 aromatic carbocycles. The van der Waals surface area contributed by atoms with Gasteiger partial charge >= 0.3 is 12.3 Å². The Kier molecular flexibility index (Phi) is 12.0. The van der Waals surface area contributed by atoms with Gasteiger partial charge in [-0.05, 0) is 80.8 Å². The molecular weight excluding hydrogens is 592 g/mol. The molecule has 0 aliphatic carbocycles. The quantitative estimate of drug-likeness (QED) is 0.113. The van der Waals surface area contributed by atoms with Crippen LogP contribution in [0.4, 0.5) is 15.3 Å². The van der Waals surface area contributed by atoms with Crippen molar-refractivity contribution in [2.75, 3.05) is 24.1 Å². The Labute approximate surface area is 257 Å². The lowest BCUT2D eigenvalue weighted by Crippen LogP contribution is -2.27. The van der Waals surface area contributed by atoms with Gasteiger partial charge in [0.1, 0.15) is 17.2 Å². The number of hydrogen-bond donors (Lipinski definition) is 4. The summed E-state index contributed by atoms with van der Waals surface area (Å²) >= 11 is 0. The zero-order valence-electron chi connectivity index (χ0n) is 25.1. The van der Waals surface area contributed by atoms with Crippen LogP contribution in [0.3, 0.4) is 0 Å². The highest BCUT2D eigenvalue weighted by Gasteiger charge is 2.19. The minimum absolute atomic E-state index is 0.0407. The molecule has 0 heterocycles. The number of nitrogens with one attached hydrogen (secondary N) is 2. The van der Waals surface area contributed by atoms with Gasteiger partial charge in [0, 0.05) is 19.0 Å². The standard InChI is InChI=1S/C31H38N2O10S/c1-19(2)40-30(36)42-24-11-6-21(7-12-24)26(22-8-13-25(14-9-22)43-31(37)41-20(3)4)17-32-18-29(35)23-10-15-28(34)27(16-23)33-44(5,38)39/h6-16,19-20,26,29,32-35H,17-18H2,1-5H3/t29-/m0/s1. The van der Waals surface area contributed by atoms with Crippen LogP contribution in [0, 0.1) is 0 Å². The van der Waals surface area contributed by atoms with E-state index in [1.54, 1.807) is 76.2 Å². The molecule has 13 heteroatoms. The third-order valence-electron chi connectivity index (χ3n) is 6.02. The molecule has 12 nitrogen and oxygen atoms in total. The molecule has 0 amide bonds. The molecule has 0 radical (unpaired) electrons. The molecule has 0 aliphatic heterocycles. The van der Waals surface area contributed by atoms with Gasteiger partial charge in [-0.15, -0.1) is 0 Å². The van der Waals surface area contributed by atoms with E-state index < -0.39 is 28.4 Å². The molecular formula is C31H38N2O10S. The van der Waals surface area contributed by atoms with Crippen LogP contribution in [0.2, 0.25) is 0 Å². The van der Waals surface area contributed by atoms with Crippen molar-refractivity contribution in [3.8, 4) is 17.2 Å². The fourth-order valence-corrected chi connectivity index (χ4v) is 4.68. The van der Waals surface area contributed by atoms with E-state index in [2.05, 4.69) is 10.0 Å². The first-order valence-electron chi connectivity index (χ1n) is 13.9. The maximum Gasteiger partial charge on any atom is 0.514 e. The summed E-state index contributed by atoms with van der Waals surface area (Å²) in [4.78, 5) is 23.8. The molecule has 0 fully saturated rings. The molecule has 0 aromatic heterocycles. The third kappa shape index (κ3) is 11.1. The van der Waals surface area contributed by atoms with Crippen molar-refractivity contribution in [2.24, 2.45) is 0 Å². The van der Waals surface area contributed by atoms with Gasteiger partial charge in [0.05, 0.1) is 30.3 Å². The lowest BCUT2D eigenvalue weighted by molar-refractivity contribution is 0.0717. The van der Waals surface area contributed by atoms with E-state index in [-0.39, 0.29) is 36.1 Å². The van der Waals surface area contributed by atoms with Crippen LogP contribution in [0.15, 0.2) is 66.7 Å².